The van der Waals surface area contributed by atoms with Crippen molar-refractivity contribution < 1.29 is 86.0 Å². The fraction of sp³-hybridized carbons (Fsp3) is 0.295. The summed E-state index contributed by atoms with van der Waals surface area (Å²) in [5, 5.41) is 60.7. The maximum absolute atomic E-state index is 11.9. The summed E-state index contributed by atoms with van der Waals surface area (Å²) < 4.78 is 64.9. The predicted octanol–water partition coefficient (Wildman–Crippen LogP) is 25.6. The molecule has 0 unspecified atom stereocenters. The van der Waals surface area contributed by atoms with E-state index < -0.39 is 40.3 Å². The molecule has 8 aromatic carbocycles. The van der Waals surface area contributed by atoms with Crippen LogP contribution < -0.4 is 33.2 Å². The number of phenols is 1. The van der Waals surface area contributed by atoms with Gasteiger partial charge >= 0.3 is 0 Å². The van der Waals surface area contributed by atoms with E-state index in [0.29, 0.717) is 115 Å². The number of rotatable bonds is 33. The summed E-state index contributed by atoms with van der Waals surface area (Å²) in [6.45, 7) is 35.0. The van der Waals surface area contributed by atoms with Crippen LogP contribution >= 0.6 is 152 Å². The number of nitrogens with zero attached hydrogens (tertiary/aromatic N) is 1. The molecule has 1 heterocycles. The van der Waals surface area contributed by atoms with Crippen LogP contribution in [0.25, 0.3) is 0 Å². The third-order valence-electron chi connectivity index (χ3n) is 16.6. The van der Waals surface area contributed by atoms with Crippen molar-refractivity contribution in [3.8, 4) is 46.0 Å². The number of carbonyl (C=O) groups excluding carboxylic acids is 2. The van der Waals surface area contributed by atoms with Crippen LogP contribution in [0.5, 0.6) is 46.0 Å². The Hall–Kier alpha value is -6.34. The molecule has 0 aromatic heterocycles. The summed E-state index contributed by atoms with van der Waals surface area (Å²) in [4.78, 5) is 26.0. The first-order valence-electron chi connectivity index (χ1n) is 36.6. The van der Waals surface area contributed by atoms with Gasteiger partial charge in [-0.25, -0.2) is 0 Å². The molecule has 1 fully saturated rings. The Morgan fingerprint density at radius 2 is 0.767 bits per heavy atom. The van der Waals surface area contributed by atoms with Crippen LogP contribution in [0.4, 0.5) is 0 Å². The van der Waals surface area contributed by atoms with Gasteiger partial charge in [-0.2, -0.15) is 8.42 Å². The van der Waals surface area contributed by atoms with Gasteiger partial charge in [-0.3, -0.25) is 13.8 Å². The Bertz CT molecular complexity index is 4600. The lowest BCUT2D eigenvalue weighted by Crippen LogP contribution is -2.28. The molecule has 0 aliphatic carbocycles. The van der Waals surface area contributed by atoms with Gasteiger partial charge in [0.2, 0.25) is 0 Å². The number of aromatic hydroxyl groups is 1. The standard InChI is InChI=1S/C16H22ClNO2.C13H17ClO5S.C13H15ClO2.C12H15ClO3.C12H13ClO3.C8H7BrCl2O.C8H6BrClO.C6H4BrClO/c1-3-20-15-7-6-13(10-14(15)17)16(19)12(2)11-18-8-4-5-9-18;1-4-18-12-6-5-10(7-11(12)14)13(15)9(2)8-19-20(3,16)17;1-4-9(3)13(15)10-6-7-12(16-5-2)11(14)8-10;2*1-3-16-11-5-4-9(6-10(11)13)12(15)8(2)7-14;9-6-1-2-8(7(11)5-6)12-4-3-10;1-2-11-8-4-3-6(9)5-7(8)10;7-4-1-2-6(9)5(8)3-4/h3,6-7,10,12,16,19H,1,4-5,8-9,11H2,2H3;4-7,9,13,15H,1,8H2,2-3H3;5-9H,2,4H2,1,3H3;3-6,8,12,14-15H,1,7H2,2H3;3-6,8,14H,1,7H2,2H3;1-2,5H,3-4H2;2-5H,1H2;1-3,9H/t12-,16+;9-,13+;9-;8-,12+;8-;;;/m11111.../s1. The molecule has 9 rings (SSSR count). The van der Waals surface area contributed by atoms with Gasteiger partial charge in [0.25, 0.3) is 10.1 Å². The second kappa shape index (κ2) is 59.5. The fourth-order valence-corrected chi connectivity index (χ4v) is 13.7. The van der Waals surface area contributed by atoms with Crippen LogP contribution in [0.1, 0.15) is 117 Å². The molecule has 0 spiro atoms. The smallest absolute Gasteiger partial charge is 0.264 e. The number of hydrogen-bond acceptors (Lipinski definition) is 19. The number of hydrogen-bond donors (Lipinski definition) is 6. The minimum atomic E-state index is -3.53. The zero-order valence-electron chi connectivity index (χ0n) is 66.9. The highest BCUT2D eigenvalue weighted by Crippen LogP contribution is 2.37. The fourth-order valence-electron chi connectivity index (χ4n) is 9.94. The van der Waals surface area contributed by atoms with Gasteiger partial charge in [0.1, 0.15) is 52.6 Å². The number of likely N-dealkylation sites (tertiary alicyclic amines) is 1. The topological polar surface area (TPSA) is 267 Å². The number of phenolic OH excluding ortho intramolecular Hbond substituents is 1. The van der Waals surface area contributed by atoms with Gasteiger partial charge in [0.15, 0.2) is 11.6 Å². The van der Waals surface area contributed by atoms with E-state index in [0.717, 1.165) is 51.3 Å². The Labute approximate surface area is 774 Å². The first-order chi connectivity index (χ1) is 56.8. The lowest BCUT2D eigenvalue weighted by molar-refractivity contribution is 0.0770. The Kier molecular flexibility index (Phi) is 54.4. The second-order valence-electron chi connectivity index (χ2n) is 25.9. The number of aliphatic hydroxyl groups excluding tert-OH is 5. The largest absolute Gasteiger partial charge is 0.506 e. The Morgan fingerprint density at radius 1 is 0.450 bits per heavy atom. The Balaban J connectivity index is 0.000000470. The van der Waals surface area contributed by atoms with E-state index in [1.54, 1.807) is 136 Å². The van der Waals surface area contributed by atoms with E-state index in [-0.39, 0.29) is 54.9 Å². The average Bonchev–Trinajstić information content (AvgIpc) is 1.08. The van der Waals surface area contributed by atoms with E-state index in [1.165, 1.54) is 62.5 Å². The van der Waals surface area contributed by atoms with Crippen molar-refractivity contribution in [3.63, 3.8) is 0 Å². The highest BCUT2D eigenvalue weighted by atomic mass is 79.9. The number of benzene rings is 8. The number of halogens is 12. The van der Waals surface area contributed by atoms with Crippen molar-refractivity contribution in [2.24, 2.45) is 29.6 Å². The zero-order valence-corrected chi connectivity index (χ0v) is 79.3. The molecule has 8 aromatic rings. The number of ketones is 2. The number of carbonyl (C=O) groups is 2. The molecule has 32 heteroatoms. The summed E-state index contributed by atoms with van der Waals surface area (Å²) in [6.07, 6.45) is 9.96. The van der Waals surface area contributed by atoms with Gasteiger partial charge in [0.05, 0.1) is 121 Å². The molecule has 0 radical (unpaired) electrons. The molecule has 654 valence electrons. The van der Waals surface area contributed by atoms with Crippen LogP contribution in [0.2, 0.25) is 40.2 Å². The van der Waals surface area contributed by atoms with Crippen LogP contribution in [-0.4, -0.2) is 114 Å². The van der Waals surface area contributed by atoms with E-state index >= 15 is 0 Å². The van der Waals surface area contributed by atoms with Gasteiger partial charge in [0, 0.05) is 61.4 Å². The van der Waals surface area contributed by atoms with Crippen LogP contribution in [0.15, 0.2) is 236 Å². The summed E-state index contributed by atoms with van der Waals surface area (Å²) >= 11 is 62.4. The van der Waals surface area contributed by atoms with Crippen molar-refractivity contribution in [1.29, 1.82) is 0 Å². The molecule has 1 aliphatic heterocycles. The molecule has 1 saturated heterocycles. The van der Waals surface area contributed by atoms with Crippen molar-refractivity contribution in [2.75, 3.05) is 58.2 Å². The number of Topliss-reactive ketones (excluding diaryl/α,β-unsaturated/α-hetero) is 2. The van der Waals surface area contributed by atoms with Crippen molar-refractivity contribution >= 4 is 174 Å². The number of alkyl halides is 1. The molecule has 0 saturated carbocycles. The number of ether oxygens (including phenoxy) is 7. The summed E-state index contributed by atoms with van der Waals surface area (Å²) in [7, 11) is -3.53. The monoisotopic (exact) mass is 2040 g/mol. The van der Waals surface area contributed by atoms with Crippen LogP contribution in [0, 0.1) is 29.6 Å². The maximum Gasteiger partial charge on any atom is 0.264 e. The quantitative estimate of drug-likeness (QED) is 0.00966. The van der Waals surface area contributed by atoms with Crippen LogP contribution in [0.3, 0.4) is 0 Å². The molecule has 1 aliphatic rings. The first-order valence-corrected chi connectivity index (χ1v) is 44.3. The zero-order chi connectivity index (χ0) is 90.4. The minimum Gasteiger partial charge on any atom is -0.506 e. The predicted molar refractivity (Wildman–Crippen MR) is 498 cm³/mol. The first kappa shape index (κ1) is 110. The molecular weight excluding hydrogens is 1950 g/mol. The third-order valence-corrected chi connectivity index (χ3v) is 21.2. The van der Waals surface area contributed by atoms with E-state index in [2.05, 4.69) is 103 Å². The van der Waals surface area contributed by atoms with Crippen LogP contribution in [-0.2, 0) is 14.3 Å². The van der Waals surface area contributed by atoms with E-state index in [1.807, 2.05) is 32.0 Å². The molecule has 120 heavy (non-hydrogen) atoms. The molecule has 6 N–H and O–H groups in total. The van der Waals surface area contributed by atoms with Gasteiger partial charge < -0.3 is 68.7 Å². The van der Waals surface area contributed by atoms with Crippen molar-refractivity contribution in [1.82, 2.24) is 4.90 Å². The second-order valence-corrected chi connectivity index (χ2v) is 33.9. The highest BCUT2D eigenvalue weighted by Gasteiger charge is 2.24. The minimum absolute atomic E-state index is 0.0160. The van der Waals surface area contributed by atoms with Gasteiger partial charge in [-0.1, -0.05) is 240 Å². The van der Waals surface area contributed by atoms with E-state index in [4.69, 9.17) is 153 Å². The lowest BCUT2D eigenvalue weighted by Gasteiger charge is -2.25. The lowest BCUT2D eigenvalue weighted by atomic mass is 9.97. The van der Waals surface area contributed by atoms with Gasteiger partial charge in [-0.05, 0) is 182 Å². The third kappa shape index (κ3) is 41.0. The molecule has 19 nitrogen and oxygen atoms in total. The average molecular weight is 2050 g/mol. The van der Waals surface area contributed by atoms with Crippen molar-refractivity contribution in [3.05, 3.63) is 304 Å². The maximum atomic E-state index is 11.9. The molecule has 0 amide bonds. The molecule has 8 atom stereocenters. The van der Waals surface area contributed by atoms with Crippen molar-refractivity contribution in [2.45, 2.75) is 79.1 Å². The Morgan fingerprint density at radius 3 is 1.07 bits per heavy atom. The summed E-state index contributed by atoms with van der Waals surface area (Å²) in [6, 6.07) is 40.7. The molecular formula is C88H99Br3Cl9NO18S. The SMILES string of the molecule is C=COc1ccc(Br)cc1Cl.C=COc1ccc(C(=O)[C@H](C)CC)cc1Cl.C=COc1ccc(C(=O)[C@H](C)CO)cc1Cl.C=COc1ccc([C@@H](O)[C@H](C)CN2CCCC2)cc1Cl.C=COc1ccc([C@@H](O)[C@H](C)CO)cc1Cl.C=COc1ccc([C@@H](O)[C@H](C)COS(C)(=O)=O)cc1Cl.ClCCOc1ccc(Br)cc1Cl.Oc1ccc(Br)cc1Cl. The van der Waals surface area contributed by atoms with Gasteiger partial charge in [-0.15, -0.1) is 11.6 Å². The molecule has 0 bridgehead atoms. The number of aliphatic hydroxyl groups is 5. The summed E-state index contributed by atoms with van der Waals surface area (Å²) in [5.74, 6) is 3.38. The van der Waals surface area contributed by atoms with E-state index in [9.17, 15) is 33.3 Å². The summed E-state index contributed by atoms with van der Waals surface area (Å²) in [5.41, 5.74) is 3.12. The highest BCUT2D eigenvalue weighted by molar-refractivity contribution is 9.11. The normalized spacial score (nSPS) is 13.2.